The minimum Gasteiger partial charge on any atom is -0.420 e. The van der Waals surface area contributed by atoms with Crippen LogP contribution < -0.4 is 15.4 Å². The molecule has 2 aliphatic rings. The van der Waals surface area contributed by atoms with E-state index >= 15 is 0 Å². The van der Waals surface area contributed by atoms with E-state index in [1.165, 1.54) is 70.6 Å². The number of benzene rings is 1. The summed E-state index contributed by atoms with van der Waals surface area (Å²) >= 11 is 0. The molecule has 0 unspecified atom stereocenters. The van der Waals surface area contributed by atoms with E-state index in [2.05, 4.69) is 22.3 Å². The minimum absolute atomic E-state index is 0.0195. The summed E-state index contributed by atoms with van der Waals surface area (Å²) in [6, 6.07) is 0.409. The van der Waals surface area contributed by atoms with Gasteiger partial charge in [0.15, 0.2) is 11.6 Å². The van der Waals surface area contributed by atoms with E-state index in [9.17, 15) is 31.9 Å². The van der Waals surface area contributed by atoms with Crippen molar-refractivity contribution >= 4 is 17.8 Å². The number of rotatable bonds is 26. The van der Waals surface area contributed by atoms with Crippen molar-refractivity contribution in [1.29, 1.82) is 0 Å². The highest BCUT2D eigenvalue weighted by molar-refractivity contribution is 5.77. The van der Waals surface area contributed by atoms with Crippen LogP contribution in [0.5, 0.6) is 5.75 Å². The molecule has 12 heteroatoms. The first-order valence-corrected chi connectivity index (χ1v) is 18.4. The van der Waals surface area contributed by atoms with Crippen LogP contribution in [0.25, 0.3) is 0 Å². The maximum absolute atomic E-state index is 13.6. The monoisotopic (exact) mass is 700 g/mol. The number of nitrogens with one attached hydrogen (secondary N) is 2. The predicted octanol–water partition coefficient (Wildman–Crippen LogP) is 7.99. The Bertz CT molecular complexity index is 1150. The zero-order valence-corrected chi connectivity index (χ0v) is 29.2. The number of carbonyl (C=O) groups is 3. The van der Waals surface area contributed by atoms with Crippen LogP contribution in [0.1, 0.15) is 135 Å². The Hall–Kier alpha value is -2.73. The summed E-state index contributed by atoms with van der Waals surface area (Å²) in [6.07, 6.45) is 21.0. The fraction of sp³-hybridized carbons (Fsp3) is 0.757. The van der Waals surface area contributed by atoms with Crippen molar-refractivity contribution in [3.05, 3.63) is 29.3 Å². The van der Waals surface area contributed by atoms with Gasteiger partial charge in [-0.1, -0.05) is 84.0 Å². The highest BCUT2D eigenvalue weighted by Gasteiger charge is 2.53. The lowest BCUT2D eigenvalue weighted by Crippen LogP contribution is -2.61. The molecule has 0 saturated heterocycles. The van der Waals surface area contributed by atoms with E-state index in [1.54, 1.807) is 0 Å². The van der Waals surface area contributed by atoms with E-state index in [4.69, 9.17) is 9.47 Å². The number of hydrogen-bond donors (Lipinski definition) is 2. The van der Waals surface area contributed by atoms with Gasteiger partial charge in [0, 0.05) is 31.0 Å². The molecule has 2 saturated carbocycles. The molecule has 2 amide bonds. The molecule has 0 aromatic heterocycles. The molecule has 3 rings (SSSR count). The van der Waals surface area contributed by atoms with Gasteiger partial charge in [0.1, 0.15) is 0 Å². The quantitative estimate of drug-likeness (QED) is 0.0334. The lowest BCUT2D eigenvalue weighted by atomic mass is 9.52. The molecular formula is C37H56F4N2O6. The van der Waals surface area contributed by atoms with Crippen molar-refractivity contribution < 1.29 is 46.2 Å². The van der Waals surface area contributed by atoms with Crippen LogP contribution in [-0.2, 0) is 23.9 Å². The van der Waals surface area contributed by atoms with Crippen molar-refractivity contribution in [2.24, 2.45) is 5.41 Å². The van der Waals surface area contributed by atoms with Crippen LogP contribution in [0.3, 0.4) is 0 Å². The lowest BCUT2D eigenvalue weighted by Gasteiger charge is -2.57. The second kappa shape index (κ2) is 22.2. The second-order valence-electron chi connectivity index (χ2n) is 13.8. The smallest absolute Gasteiger partial charge is 0.313 e. The van der Waals surface area contributed by atoms with E-state index in [0.717, 1.165) is 38.5 Å². The van der Waals surface area contributed by atoms with Gasteiger partial charge in [0.25, 0.3) is 0 Å². The van der Waals surface area contributed by atoms with Crippen molar-refractivity contribution in [1.82, 2.24) is 10.6 Å². The highest BCUT2D eigenvalue weighted by atomic mass is 19.2. The zero-order valence-electron chi connectivity index (χ0n) is 29.2. The molecule has 2 fully saturated rings. The Labute approximate surface area is 288 Å². The molecule has 0 heterocycles. The van der Waals surface area contributed by atoms with Gasteiger partial charge in [-0.2, -0.15) is 8.78 Å². The maximum Gasteiger partial charge on any atom is 0.313 e. The van der Waals surface area contributed by atoms with Crippen LogP contribution in [0.2, 0.25) is 0 Å². The van der Waals surface area contributed by atoms with Crippen molar-refractivity contribution in [2.75, 3.05) is 26.4 Å². The molecule has 1 aromatic carbocycles. The zero-order chi connectivity index (χ0) is 35.5. The first kappa shape index (κ1) is 40.7. The molecule has 278 valence electrons. The molecule has 1 aromatic rings. The number of halogens is 4. The number of ether oxygens (including phenoxy) is 3. The lowest BCUT2D eigenvalue weighted by molar-refractivity contribution is -0.136. The Morgan fingerprint density at radius 1 is 0.633 bits per heavy atom. The summed E-state index contributed by atoms with van der Waals surface area (Å²) in [5.41, 5.74) is 0.238. The largest absolute Gasteiger partial charge is 0.420 e. The van der Waals surface area contributed by atoms with Gasteiger partial charge in [-0.15, -0.1) is 0 Å². The summed E-state index contributed by atoms with van der Waals surface area (Å²) < 4.78 is 68.5. The summed E-state index contributed by atoms with van der Waals surface area (Å²) in [5, 5.41) is 6.22. The molecule has 1 spiro atoms. The average Bonchev–Trinajstić information content (AvgIpc) is 3.03. The number of hydrogen-bond acceptors (Lipinski definition) is 6. The average molecular weight is 701 g/mol. The molecule has 0 atom stereocenters. The van der Waals surface area contributed by atoms with Crippen molar-refractivity contribution in [3.63, 3.8) is 0 Å². The first-order valence-electron chi connectivity index (χ1n) is 18.4. The SMILES string of the molecule is CCCCCCCCCCCCCCCC(=O)NC1CC2(C1)CC(NC(=O)CCOCCOCCC(=O)Oc1c(F)c(F)cc(F)c1F)C2. The summed E-state index contributed by atoms with van der Waals surface area (Å²) in [4.78, 5) is 36.3. The van der Waals surface area contributed by atoms with Gasteiger partial charge < -0.3 is 24.8 Å². The molecule has 8 nitrogen and oxygen atoms in total. The number of esters is 1. The molecule has 0 aliphatic heterocycles. The molecule has 49 heavy (non-hydrogen) atoms. The number of amides is 2. The maximum atomic E-state index is 13.6. The summed E-state index contributed by atoms with van der Waals surface area (Å²) in [7, 11) is 0. The molecular weight excluding hydrogens is 644 g/mol. The van der Waals surface area contributed by atoms with Gasteiger partial charge in [0.05, 0.1) is 32.8 Å². The van der Waals surface area contributed by atoms with Crippen molar-refractivity contribution in [2.45, 2.75) is 147 Å². The number of unbranched alkanes of at least 4 members (excludes halogenated alkanes) is 12. The van der Waals surface area contributed by atoms with Crippen LogP contribution >= 0.6 is 0 Å². The highest BCUT2D eigenvalue weighted by Crippen LogP contribution is 2.55. The van der Waals surface area contributed by atoms with Gasteiger partial charge in [-0.05, 0) is 37.5 Å². The third-order valence-electron chi connectivity index (χ3n) is 9.54. The standard InChI is InChI=1S/C37H56F4N2O6/c1-2-3-4-5-6-7-8-9-10-11-12-13-14-15-31(44)42-27-23-37(24-27)25-28(26-37)43-32(45)16-18-47-20-21-48-19-17-33(46)49-36-34(40)29(38)22-30(39)35(36)41/h22,27-28H,2-21,23-26H2,1H3,(H,42,44)(H,43,45). The van der Waals surface area contributed by atoms with E-state index in [0.29, 0.717) is 6.42 Å². The van der Waals surface area contributed by atoms with Crippen LogP contribution in [-0.4, -0.2) is 56.3 Å². The Kier molecular flexibility index (Phi) is 18.4. The first-order chi connectivity index (χ1) is 23.6. The van der Waals surface area contributed by atoms with Gasteiger partial charge in [-0.3, -0.25) is 14.4 Å². The normalized spacial score (nSPS) is 19.7. The summed E-state index contributed by atoms with van der Waals surface area (Å²) in [5.74, 6) is -9.44. The third-order valence-corrected chi connectivity index (χ3v) is 9.54. The number of carbonyl (C=O) groups excluding carboxylic acids is 3. The van der Waals surface area contributed by atoms with E-state index < -0.39 is 41.4 Å². The van der Waals surface area contributed by atoms with E-state index in [1.807, 2.05) is 0 Å². The van der Waals surface area contributed by atoms with Crippen LogP contribution in [0.4, 0.5) is 17.6 Å². The van der Waals surface area contributed by atoms with Gasteiger partial charge >= 0.3 is 5.97 Å². The Morgan fingerprint density at radius 3 is 1.55 bits per heavy atom. The second-order valence-corrected chi connectivity index (χ2v) is 13.8. The van der Waals surface area contributed by atoms with Gasteiger partial charge in [-0.25, -0.2) is 8.78 Å². The third kappa shape index (κ3) is 15.0. The Balaban J connectivity index is 1.08. The molecule has 2 N–H and O–H groups in total. The van der Waals surface area contributed by atoms with Crippen LogP contribution in [0, 0.1) is 28.7 Å². The van der Waals surface area contributed by atoms with E-state index in [-0.39, 0.29) is 68.2 Å². The molecule has 2 aliphatic carbocycles. The van der Waals surface area contributed by atoms with Crippen LogP contribution in [0.15, 0.2) is 6.07 Å². The fourth-order valence-corrected chi connectivity index (χ4v) is 6.86. The molecule has 0 bridgehead atoms. The van der Waals surface area contributed by atoms with Crippen molar-refractivity contribution in [3.8, 4) is 5.75 Å². The fourth-order valence-electron chi connectivity index (χ4n) is 6.86. The topological polar surface area (TPSA) is 103 Å². The van der Waals surface area contributed by atoms with Gasteiger partial charge in [0.2, 0.25) is 29.2 Å². The molecule has 0 radical (unpaired) electrons. The minimum atomic E-state index is -1.80. The predicted molar refractivity (Wildman–Crippen MR) is 178 cm³/mol. The Morgan fingerprint density at radius 2 is 1.06 bits per heavy atom. The summed E-state index contributed by atoms with van der Waals surface area (Å²) in [6.45, 7) is 2.51.